The van der Waals surface area contributed by atoms with E-state index >= 15 is 0 Å². The van der Waals surface area contributed by atoms with Gasteiger partial charge in [0.05, 0.1) is 6.54 Å². The van der Waals surface area contributed by atoms with Crippen molar-refractivity contribution in [3.8, 4) is 0 Å². The first-order valence-electron chi connectivity index (χ1n) is 7.96. The number of piperidine rings is 1. The Hall–Kier alpha value is -1.53. The third kappa shape index (κ3) is 2.85. The summed E-state index contributed by atoms with van der Waals surface area (Å²) in [5, 5.41) is 3.30. The SMILES string of the molecule is c1cnc(N2CC[C@]3(CCCN(Cc4nccs4)C3)C2)nc1. The average molecular weight is 315 g/mol. The molecule has 1 spiro atoms. The molecule has 0 aromatic carbocycles. The first-order valence-corrected chi connectivity index (χ1v) is 8.84. The Kier molecular flexibility index (Phi) is 3.80. The summed E-state index contributed by atoms with van der Waals surface area (Å²) < 4.78 is 0. The molecular formula is C16H21N5S. The molecule has 116 valence electrons. The number of likely N-dealkylation sites (tertiary alicyclic amines) is 1. The molecule has 0 saturated carbocycles. The molecule has 4 rings (SSSR count). The van der Waals surface area contributed by atoms with Crippen LogP contribution in [0.15, 0.2) is 30.0 Å². The molecule has 0 radical (unpaired) electrons. The molecule has 5 nitrogen and oxygen atoms in total. The van der Waals surface area contributed by atoms with Crippen LogP contribution in [0.25, 0.3) is 0 Å². The van der Waals surface area contributed by atoms with Gasteiger partial charge in [0.25, 0.3) is 0 Å². The Morgan fingerprint density at radius 3 is 2.77 bits per heavy atom. The minimum absolute atomic E-state index is 0.411. The van der Waals surface area contributed by atoms with Crippen LogP contribution in [0.4, 0.5) is 5.95 Å². The molecule has 22 heavy (non-hydrogen) atoms. The van der Waals surface area contributed by atoms with Crippen molar-refractivity contribution in [1.29, 1.82) is 0 Å². The lowest BCUT2D eigenvalue weighted by Gasteiger charge is -2.40. The number of aromatic nitrogens is 3. The molecule has 0 aliphatic carbocycles. The van der Waals surface area contributed by atoms with Crippen LogP contribution >= 0.6 is 11.3 Å². The lowest BCUT2D eigenvalue weighted by Crippen LogP contribution is -2.44. The molecule has 4 heterocycles. The topological polar surface area (TPSA) is 45.2 Å². The number of hydrogen-bond donors (Lipinski definition) is 0. The van der Waals surface area contributed by atoms with Crippen molar-refractivity contribution >= 4 is 17.3 Å². The molecule has 0 amide bonds. The first kappa shape index (κ1) is 14.1. The van der Waals surface area contributed by atoms with E-state index in [1.165, 1.54) is 37.4 Å². The first-order chi connectivity index (χ1) is 10.8. The van der Waals surface area contributed by atoms with E-state index in [1.54, 1.807) is 11.3 Å². The van der Waals surface area contributed by atoms with Gasteiger partial charge in [0.1, 0.15) is 5.01 Å². The maximum Gasteiger partial charge on any atom is 0.225 e. The molecule has 6 heteroatoms. The summed E-state index contributed by atoms with van der Waals surface area (Å²) in [7, 11) is 0. The highest BCUT2D eigenvalue weighted by Crippen LogP contribution is 2.40. The standard InChI is InChI=1S/C16H21N5S/c1-3-16(12-20(8-1)11-14-17-7-10-22-14)4-9-21(13-16)15-18-5-2-6-19-15/h2,5-7,10H,1,3-4,8-9,11-13H2/t16-/m0/s1. The Morgan fingerprint density at radius 1 is 1.05 bits per heavy atom. The van der Waals surface area contributed by atoms with Crippen molar-refractivity contribution < 1.29 is 0 Å². The van der Waals surface area contributed by atoms with Gasteiger partial charge in [0, 0.05) is 49.0 Å². The molecule has 1 atom stereocenters. The fourth-order valence-electron chi connectivity index (χ4n) is 3.86. The fourth-order valence-corrected chi connectivity index (χ4v) is 4.52. The quantitative estimate of drug-likeness (QED) is 0.870. The summed E-state index contributed by atoms with van der Waals surface area (Å²) in [6, 6.07) is 1.88. The van der Waals surface area contributed by atoms with Gasteiger partial charge in [-0.25, -0.2) is 15.0 Å². The van der Waals surface area contributed by atoms with Crippen LogP contribution in [0, 0.1) is 5.41 Å². The van der Waals surface area contributed by atoms with Crippen molar-refractivity contribution in [3.63, 3.8) is 0 Å². The minimum atomic E-state index is 0.411. The third-order valence-electron chi connectivity index (χ3n) is 4.86. The number of nitrogens with zero attached hydrogens (tertiary/aromatic N) is 5. The normalized spacial score (nSPS) is 25.9. The van der Waals surface area contributed by atoms with Gasteiger partial charge in [-0.05, 0) is 31.9 Å². The van der Waals surface area contributed by atoms with Gasteiger partial charge in [-0.2, -0.15) is 0 Å². The summed E-state index contributed by atoms with van der Waals surface area (Å²) in [4.78, 5) is 18.2. The number of anilines is 1. The zero-order valence-electron chi connectivity index (χ0n) is 12.7. The molecule has 2 saturated heterocycles. The highest BCUT2D eigenvalue weighted by molar-refractivity contribution is 7.09. The number of rotatable bonds is 3. The lowest BCUT2D eigenvalue weighted by molar-refractivity contribution is 0.0990. The second-order valence-corrected chi connectivity index (χ2v) is 7.44. The Labute approximate surface area is 135 Å². The van der Waals surface area contributed by atoms with Crippen LogP contribution in [-0.2, 0) is 6.54 Å². The second kappa shape index (κ2) is 5.93. The van der Waals surface area contributed by atoms with Gasteiger partial charge in [0.2, 0.25) is 5.95 Å². The van der Waals surface area contributed by atoms with E-state index in [-0.39, 0.29) is 0 Å². The predicted molar refractivity (Wildman–Crippen MR) is 87.9 cm³/mol. The van der Waals surface area contributed by atoms with Crippen molar-refractivity contribution in [2.45, 2.75) is 25.8 Å². The Morgan fingerprint density at radius 2 is 1.95 bits per heavy atom. The molecule has 2 aromatic rings. The molecular weight excluding hydrogens is 294 g/mol. The zero-order valence-corrected chi connectivity index (χ0v) is 13.5. The zero-order chi connectivity index (χ0) is 14.8. The summed E-state index contributed by atoms with van der Waals surface area (Å²) in [6.45, 7) is 5.54. The number of hydrogen-bond acceptors (Lipinski definition) is 6. The second-order valence-electron chi connectivity index (χ2n) is 6.46. The van der Waals surface area contributed by atoms with Crippen LogP contribution in [0.2, 0.25) is 0 Å². The molecule has 2 aliphatic rings. The maximum absolute atomic E-state index is 4.43. The van der Waals surface area contributed by atoms with E-state index in [2.05, 4.69) is 30.1 Å². The molecule has 2 aliphatic heterocycles. The van der Waals surface area contributed by atoms with Gasteiger partial charge >= 0.3 is 0 Å². The van der Waals surface area contributed by atoms with E-state index in [0.717, 1.165) is 25.6 Å². The van der Waals surface area contributed by atoms with Crippen molar-refractivity contribution in [2.75, 3.05) is 31.1 Å². The monoisotopic (exact) mass is 315 g/mol. The predicted octanol–water partition coefficient (Wildman–Crippen LogP) is 2.43. The molecule has 2 aromatic heterocycles. The number of thiazole rings is 1. The van der Waals surface area contributed by atoms with Crippen molar-refractivity contribution in [3.05, 3.63) is 35.0 Å². The maximum atomic E-state index is 4.43. The summed E-state index contributed by atoms with van der Waals surface area (Å²) in [5.41, 5.74) is 0.411. The molecule has 2 fully saturated rings. The molecule has 0 bridgehead atoms. The van der Waals surface area contributed by atoms with Gasteiger partial charge in [-0.15, -0.1) is 11.3 Å². The summed E-state index contributed by atoms with van der Waals surface area (Å²) in [5.74, 6) is 0.886. The molecule has 0 unspecified atom stereocenters. The summed E-state index contributed by atoms with van der Waals surface area (Å²) in [6.07, 6.45) is 9.44. The van der Waals surface area contributed by atoms with Crippen molar-refractivity contribution in [1.82, 2.24) is 19.9 Å². The highest BCUT2D eigenvalue weighted by Gasteiger charge is 2.42. The largest absolute Gasteiger partial charge is 0.340 e. The van der Waals surface area contributed by atoms with Crippen LogP contribution in [0.5, 0.6) is 0 Å². The van der Waals surface area contributed by atoms with Crippen molar-refractivity contribution in [2.24, 2.45) is 5.41 Å². The van der Waals surface area contributed by atoms with E-state index in [1.807, 2.05) is 24.7 Å². The van der Waals surface area contributed by atoms with Gasteiger partial charge < -0.3 is 4.90 Å². The third-order valence-corrected chi connectivity index (χ3v) is 5.62. The minimum Gasteiger partial charge on any atom is -0.340 e. The molecule has 0 N–H and O–H groups in total. The van der Waals surface area contributed by atoms with Crippen LogP contribution < -0.4 is 4.90 Å². The van der Waals surface area contributed by atoms with E-state index in [4.69, 9.17) is 0 Å². The van der Waals surface area contributed by atoms with Gasteiger partial charge in [-0.1, -0.05) is 0 Å². The van der Waals surface area contributed by atoms with Crippen LogP contribution in [-0.4, -0.2) is 46.0 Å². The highest BCUT2D eigenvalue weighted by atomic mass is 32.1. The van der Waals surface area contributed by atoms with E-state index in [0.29, 0.717) is 5.41 Å². The smallest absolute Gasteiger partial charge is 0.225 e. The van der Waals surface area contributed by atoms with Crippen LogP contribution in [0.1, 0.15) is 24.3 Å². The van der Waals surface area contributed by atoms with Gasteiger partial charge in [0.15, 0.2) is 0 Å². The average Bonchev–Trinajstić information content (AvgIpc) is 3.19. The van der Waals surface area contributed by atoms with E-state index in [9.17, 15) is 0 Å². The van der Waals surface area contributed by atoms with Gasteiger partial charge in [-0.3, -0.25) is 4.90 Å². The summed E-state index contributed by atoms with van der Waals surface area (Å²) >= 11 is 1.76. The Balaban J connectivity index is 1.43. The fraction of sp³-hybridized carbons (Fsp3) is 0.562. The van der Waals surface area contributed by atoms with Crippen LogP contribution in [0.3, 0.4) is 0 Å². The van der Waals surface area contributed by atoms with E-state index < -0.39 is 0 Å². The Bertz CT molecular complexity index is 602. The lowest BCUT2D eigenvalue weighted by atomic mass is 9.79.